The van der Waals surface area contributed by atoms with E-state index in [4.69, 9.17) is 4.42 Å². The van der Waals surface area contributed by atoms with E-state index in [1.54, 1.807) is 35.8 Å². The van der Waals surface area contributed by atoms with Crippen LogP contribution in [0.15, 0.2) is 34.3 Å². The van der Waals surface area contributed by atoms with Crippen molar-refractivity contribution in [2.24, 2.45) is 0 Å². The molecular formula is C14H16N2O2S. The van der Waals surface area contributed by atoms with Gasteiger partial charge in [-0.25, -0.2) is 4.98 Å². The first-order valence-corrected chi connectivity index (χ1v) is 7.01. The van der Waals surface area contributed by atoms with Gasteiger partial charge in [0.2, 0.25) is 5.91 Å². The van der Waals surface area contributed by atoms with Gasteiger partial charge in [0.25, 0.3) is 0 Å². The van der Waals surface area contributed by atoms with Crippen molar-refractivity contribution >= 4 is 23.3 Å². The maximum absolute atomic E-state index is 11.8. The van der Waals surface area contributed by atoms with E-state index in [0.29, 0.717) is 5.76 Å². The van der Waals surface area contributed by atoms with E-state index in [0.717, 1.165) is 17.1 Å². The number of furan rings is 1. The van der Waals surface area contributed by atoms with Gasteiger partial charge in [-0.3, -0.25) is 4.79 Å². The van der Waals surface area contributed by atoms with Crippen LogP contribution in [0.4, 0.5) is 0 Å². The molecule has 0 aliphatic heterocycles. The van der Waals surface area contributed by atoms with Crippen LogP contribution >= 0.6 is 11.3 Å². The van der Waals surface area contributed by atoms with Crippen LogP contribution in [0, 0.1) is 6.92 Å². The van der Waals surface area contributed by atoms with Crippen molar-refractivity contribution < 1.29 is 9.21 Å². The highest BCUT2D eigenvalue weighted by Gasteiger charge is 2.14. The molecule has 0 saturated heterocycles. The second-order valence-electron chi connectivity index (χ2n) is 4.15. The molecular weight excluding hydrogens is 260 g/mol. The Kier molecular flexibility index (Phi) is 4.52. The van der Waals surface area contributed by atoms with Crippen LogP contribution in [0.2, 0.25) is 0 Å². The second kappa shape index (κ2) is 6.33. The molecule has 5 heteroatoms. The Hall–Kier alpha value is -1.88. The van der Waals surface area contributed by atoms with Gasteiger partial charge >= 0.3 is 0 Å². The Labute approximate surface area is 116 Å². The molecule has 0 saturated carbocycles. The average molecular weight is 276 g/mol. The topological polar surface area (TPSA) is 55.1 Å². The SMILES string of the molecule is CCC(NC(=O)C=Cc1ccco1)c1nc(C)cs1. The van der Waals surface area contributed by atoms with Gasteiger partial charge in [-0.2, -0.15) is 0 Å². The molecule has 0 fully saturated rings. The maximum Gasteiger partial charge on any atom is 0.244 e. The lowest BCUT2D eigenvalue weighted by molar-refractivity contribution is -0.117. The Morgan fingerprint density at radius 2 is 2.47 bits per heavy atom. The molecule has 0 aromatic carbocycles. The van der Waals surface area contributed by atoms with Crippen LogP contribution in [0.25, 0.3) is 6.08 Å². The van der Waals surface area contributed by atoms with Crippen molar-refractivity contribution in [3.05, 3.63) is 46.3 Å². The predicted molar refractivity (Wildman–Crippen MR) is 75.8 cm³/mol. The number of hydrogen-bond acceptors (Lipinski definition) is 4. The smallest absolute Gasteiger partial charge is 0.244 e. The Morgan fingerprint density at radius 1 is 1.63 bits per heavy atom. The number of amides is 1. The van der Waals surface area contributed by atoms with Crippen molar-refractivity contribution in [2.75, 3.05) is 0 Å². The van der Waals surface area contributed by atoms with Crippen LogP contribution < -0.4 is 5.32 Å². The monoisotopic (exact) mass is 276 g/mol. The van der Waals surface area contributed by atoms with E-state index in [2.05, 4.69) is 10.3 Å². The summed E-state index contributed by atoms with van der Waals surface area (Å²) in [7, 11) is 0. The van der Waals surface area contributed by atoms with E-state index < -0.39 is 0 Å². The largest absolute Gasteiger partial charge is 0.465 e. The molecule has 0 aliphatic carbocycles. The highest BCUT2D eigenvalue weighted by atomic mass is 32.1. The molecule has 1 atom stereocenters. The summed E-state index contributed by atoms with van der Waals surface area (Å²) in [5.41, 5.74) is 0.985. The fourth-order valence-electron chi connectivity index (χ4n) is 1.63. The molecule has 2 aromatic heterocycles. The Bertz CT molecular complexity index is 558. The van der Waals surface area contributed by atoms with Crippen LogP contribution in [-0.2, 0) is 4.79 Å². The van der Waals surface area contributed by atoms with Crippen molar-refractivity contribution in [1.82, 2.24) is 10.3 Å². The molecule has 0 radical (unpaired) electrons. The molecule has 2 rings (SSSR count). The molecule has 4 nitrogen and oxygen atoms in total. The van der Waals surface area contributed by atoms with Crippen molar-refractivity contribution in [1.29, 1.82) is 0 Å². The molecule has 2 heterocycles. The van der Waals surface area contributed by atoms with Gasteiger partial charge < -0.3 is 9.73 Å². The lowest BCUT2D eigenvalue weighted by atomic mass is 10.2. The summed E-state index contributed by atoms with van der Waals surface area (Å²) >= 11 is 1.57. The summed E-state index contributed by atoms with van der Waals surface area (Å²) in [4.78, 5) is 16.2. The Balaban J connectivity index is 1.97. The first-order chi connectivity index (χ1) is 9.19. The van der Waals surface area contributed by atoms with Gasteiger partial charge in [0.05, 0.1) is 12.3 Å². The van der Waals surface area contributed by atoms with E-state index in [-0.39, 0.29) is 11.9 Å². The van der Waals surface area contributed by atoms with Gasteiger partial charge in [-0.1, -0.05) is 6.92 Å². The summed E-state index contributed by atoms with van der Waals surface area (Å²) in [6, 6.07) is 3.54. The van der Waals surface area contributed by atoms with Crippen LogP contribution in [0.3, 0.4) is 0 Å². The molecule has 0 spiro atoms. The highest BCUT2D eigenvalue weighted by molar-refractivity contribution is 7.09. The summed E-state index contributed by atoms with van der Waals surface area (Å²) in [5.74, 6) is 0.518. The minimum atomic E-state index is -0.142. The number of rotatable bonds is 5. The van der Waals surface area contributed by atoms with Gasteiger partial charge in [-0.05, 0) is 31.6 Å². The summed E-state index contributed by atoms with van der Waals surface area (Å²) in [5, 5.41) is 5.87. The lowest BCUT2D eigenvalue weighted by Gasteiger charge is -2.12. The van der Waals surface area contributed by atoms with Crippen LogP contribution in [-0.4, -0.2) is 10.9 Å². The molecule has 0 aliphatic rings. The normalized spacial score (nSPS) is 12.7. The van der Waals surface area contributed by atoms with Gasteiger partial charge in [-0.15, -0.1) is 11.3 Å². The minimum Gasteiger partial charge on any atom is -0.465 e. The van der Waals surface area contributed by atoms with Gasteiger partial charge in [0.15, 0.2) is 0 Å². The third kappa shape index (κ3) is 3.79. The number of thiazole rings is 1. The van der Waals surface area contributed by atoms with Crippen molar-refractivity contribution in [2.45, 2.75) is 26.3 Å². The van der Waals surface area contributed by atoms with E-state index in [1.165, 1.54) is 6.08 Å². The molecule has 19 heavy (non-hydrogen) atoms. The fraction of sp³-hybridized carbons (Fsp3) is 0.286. The first-order valence-electron chi connectivity index (χ1n) is 6.13. The van der Waals surface area contributed by atoms with Gasteiger partial charge in [0.1, 0.15) is 10.8 Å². The maximum atomic E-state index is 11.8. The van der Waals surface area contributed by atoms with Gasteiger partial charge in [0, 0.05) is 17.2 Å². The number of nitrogens with one attached hydrogen (secondary N) is 1. The van der Waals surface area contributed by atoms with Crippen molar-refractivity contribution in [3.8, 4) is 0 Å². The summed E-state index contributed by atoms with van der Waals surface area (Å²) < 4.78 is 5.13. The number of carbonyl (C=O) groups excluding carboxylic acids is 1. The molecule has 1 amide bonds. The molecule has 0 bridgehead atoms. The quantitative estimate of drug-likeness (QED) is 0.852. The van der Waals surface area contributed by atoms with E-state index >= 15 is 0 Å². The zero-order chi connectivity index (χ0) is 13.7. The molecule has 2 aromatic rings. The third-order valence-corrected chi connectivity index (χ3v) is 3.68. The van der Waals surface area contributed by atoms with E-state index in [1.807, 2.05) is 19.2 Å². The molecule has 1 N–H and O–H groups in total. The standard InChI is InChI=1S/C14H16N2O2S/c1-3-12(14-15-10(2)9-19-14)16-13(17)7-6-11-5-4-8-18-11/h4-9,12H,3H2,1-2H3,(H,16,17). The second-order valence-corrected chi connectivity index (χ2v) is 5.03. The zero-order valence-corrected chi connectivity index (χ0v) is 11.7. The lowest BCUT2D eigenvalue weighted by Crippen LogP contribution is -2.26. The predicted octanol–water partition coefficient (Wildman–Crippen LogP) is 3.33. The van der Waals surface area contributed by atoms with Crippen LogP contribution in [0.5, 0.6) is 0 Å². The third-order valence-electron chi connectivity index (χ3n) is 2.60. The summed E-state index contributed by atoms with van der Waals surface area (Å²) in [6.07, 6.45) is 5.51. The summed E-state index contributed by atoms with van der Waals surface area (Å²) in [6.45, 7) is 3.98. The van der Waals surface area contributed by atoms with Crippen molar-refractivity contribution in [3.63, 3.8) is 0 Å². The molecule has 100 valence electrons. The fourth-order valence-corrected chi connectivity index (χ4v) is 2.56. The Morgan fingerprint density at radius 3 is 3.05 bits per heavy atom. The highest BCUT2D eigenvalue weighted by Crippen LogP contribution is 2.20. The number of hydrogen-bond donors (Lipinski definition) is 1. The minimum absolute atomic E-state index is 0.0348. The number of aromatic nitrogens is 1. The number of nitrogens with zero attached hydrogens (tertiary/aromatic N) is 1. The number of aryl methyl sites for hydroxylation is 1. The number of carbonyl (C=O) groups is 1. The van der Waals surface area contributed by atoms with Crippen LogP contribution in [0.1, 0.15) is 35.8 Å². The van der Waals surface area contributed by atoms with E-state index in [9.17, 15) is 4.79 Å². The zero-order valence-electron chi connectivity index (χ0n) is 10.9. The average Bonchev–Trinajstić information content (AvgIpc) is 3.04. The first kappa shape index (κ1) is 13.5. The molecule has 1 unspecified atom stereocenters.